The summed E-state index contributed by atoms with van der Waals surface area (Å²) in [5, 5.41) is 0. The first kappa shape index (κ1) is 22.2. The number of nitrogens with zero attached hydrogens (tertiary/aromatic N) is 3. The number of hydrogen-bond donors (Lipinski definition) is 1. The van der Waals surface area contributed by atoms with Crippen molar-refractivity contribution in [1.82, 2.24) is 19.9 Å². The van der Waals surface area contributed by atoms with Crippen LogP contribution in [-0.2, 0) is 16.7 Å². The molecule has 1 unspecified atom stereocenters. The van der Waals surface area contributed by atoms with Crippen molar-refractivity contribution in [1.29, 1.82) is 0 Å². The molecule has 0 bridgehead atoms. The van der Waals surface area contributed by atoms with Crippen molar-refractivity contribution >= 4 is 0 Å². The molecule has 1 N–H and O–H groups in total. The van der Waals surface area contributed by atoms with Gasteiger partial charge in [0.15, 0.2) is 0 Å². The molecular formula is C22H34N4O2. The van der Waals surface area contributed by atoms with Gasteiger partial charge in [0, 0.05) is 49.3 Å². The van der Waals surface area contributed by atoms with Crippen LogP contribution in [0.1, 0.15) is 51.2 Å². The standard InChI is InChI=1S/C16H26N2O.C6H8N2O/c1-5-19-12-14-8-9-18(11-14)16(3,4)15-7-6-13(2)17-10-15;1-2-5-7-4-3-6(9)8-5/h6-7,10,14H,5,8-9,11-12H2,1-4H3;3-4H,2H2,1H3,(H,7,8,9). The number of H-pyrrole nitrogens is 1. The fraction of sp³-hybridized carbons (Fsp3) is 0.591. The molecule has 1 aliphatic rings. The summed E-state index contributed by atoms with van der Waals surface area (Å²) >= 11 is 0. The fourth-order valence-corrected chi connectivity index (χ4v) is 3.36. The van der Waals surface area contributed by atoms with Crippen molar-refractivity contribution in [3.63, 3.8) is 0 Å². The van der Waals surface area contributed by atoms with E-state index >= 15 is 0 Å². The lowest BCUT2D eigenvalue weighted by Crippen LogP contribution is -2.40. The zero-order valence-corrected chi connectivity index (χ0v) is 17.9. The highest BCUT2D eigenvalue weighted by Crippen LogP contribution is 2.32. The van der Waals surface area contributed by atoms with E-state index in [1.807, 2.05) is 20.0 Å². The smallest absolute Gasteiger partial charge is 0.250 e. The Morgan fingerprint density at radius 3 is 2.61 bits per heavy atom. The van der Waals surface area contributed by atoms with E-state index in [0.717, 1.165) is 44.2 Å². The molecule has 3 rings (SSSR count). The van der Waals surface area contributed by atoms with E-state index in [1.54, 1.807) is 0 Å². The zero-order chi connectivity index (χ0) is 20.6. The van der Waals surface area contributed by atoms with Gasteiger partial charge in [-0.2, -0.15) is 0 Å². The minimum absolute atomic E-state index is 0.0572. The Bertz CT molecular complexity index is 771. The average molecular weight is 387 g/mol. The van der Waals surface area contributed by atoms with Crippen LogP contribution in [0.15, 0.2) is 35.4 Å². The van der Waals surface area contributed by atoms with Crippen molar-refractivity contribution in [2.75, 3.05) is 26.3 Å². The normalized spacial score (nSPS) is 17.2. The van der Waals surface area contributed by atoms with E-state index in [-0.39, 0.29) is 11.1 Å². The van der Waals surface area contributed by atoms with Crippen molar-refractivity contribution in [3.8, 4) is 0 Å². The van der Waals surface area contributed by atoms with Gasteiger partial charge in [-0.05, 0) is 58.2 Å². The number of likely N-dealkylation sites (tertiary alicyclic amines) is 1. The molecule has 0 aromatic carbocycles. The number of hydrogen-bond acceptors (Lipinski definition) is 5. The molecule has 1 fully saturated rings. The average Bonchev–Trinajstić information content (AvgIpc) is 3.17. The van der Waals surface area contributed by atoms with E-state index < -0.39 is 0 Å². The Hall–Kier alpha value is -2.05. The SMILES string of the molecule is CCOCC1CCN(C(C)(C)c2ccc(C)nc2)C1.CCc1nccc(=O)[nH]1. The Labute approximate surface area is 168 Å². The highest BCUT2D eigenvalue weighted by molar-refractivity contribution is 5.21. The molecule has 2 aromatic rings. The molecule has 0 amide bonds. The molecule has 6 nitrogen and oxygen atoms in total. The summed E-state index contributed by atoms with van der Waals surface area (Å²) in [6.07, 6.45) is 5.54. The van der Waals surface area contributed by atoms with Crippen LogP contribution in [-0.4, -0.2) is 46.2 Å². The van der Waals surface area contributed by atoms with Gasteiger partial charge in [-0.1, -0.05) is 13.0 Å². The van der Waals surface area contributed by atoms with Crippen LogP contribution >= 0.6 is 0 Å². The number of aromatic nitrogens is 3. The Morgan fingerprint density at radius 2 is 2.04 bits per heavy atom. The van der Waals surface area contributed by atoms with Crippen LogP contribution < -0.4 is 5.56 Å². The molecule has 3 heterocycles. The molecule has 0 spiro atoms. The molecule has 6 heteroatoms. The number of nitrogens with one attached hydrogen (secondary N) is 1. The number of pyridine rings is 1. The third-order valence-corrected chi connectivity index (χ3v) is 5.31. The number of ether oxygens (including phenoxy) is 1. The first-order valence-corrected chi connectivity index (χ1v) is 10.2. The summed E-state index contributed by atoms with van der Waals surface area (Å²) < 4.78 is 5.56. The van der Waals surface area contributed by atoms with Crippen LogP contribution in [0, 0.1) is 12.8 Å². The third-order valence-electron chi connectivity index (χ3n) is 5.31. The van der Waals surface area contributed by atoms with Gasteiger partial charge in [0.2, 0.25) is 0 Å². The van der Waals surface area contributed by atoms with Crippen LogP contribution in [0.2, 0.25) is 0 Å². The summed E-state index contributed by atoms with van der Waals surface area (Å²) in [5.74, 6) is 1.42. The molecule has 0 saturated carbocycles. The summed E-state index contributed by atoms with van der Waals surface area (Å²) in [6, 6.07) is 5.71. The molecular weight excluding hydrogens is 352 g/mol. The van der Waals surface area contributed by atoms with E-state index in [2.05, 4.69) is 52.8 Å². The lowest BCUT2D eigenvalue weighted by atomic mass is 9.94. The van der Waals surface area contributed by atoms with Crippen LogP contribution in [0.3, 0.4) is 0 Å². The monoisotopic (exact) mass is 386 g/mol. The van der Waals surface area contributed by atoms with Gasteiger partial charge in [0.25, 0.3) is 5.56 Å². The minimum Gasteiger partial charge on any atom is -0.381 e. The largest absolute Gasteiger partial charge is 0.381 e. The van der Waals surface area contributed by atoms with Crippen LogP contribution in [0.4, 0.5) is 0 Å². The zero-order valence-electron chi connectivity index (χ0n) is 17.9. The van der Waals surface area contributed by atoms with Gasteiger partial charge in [-0.15, -0.1) is 0 Å². The first-order chi connectivity index (χ1) is 13.4. The predicted octanol–water partition coefficient (Wildman–Crippen LogP) is 3.32. The van der Waals surface area contributed by atoms with Crippen LogP contribution in [0.25, 0.3) is 0 Å². The molecule has 1 saturated heterocycles. The van der Waals surface area contributed by atoms with Gasteiger partial charge in [-0.25, -0.2) is 4.98 Å². The Balaban J connectivity index is 0.000000261. The molecule has 28 heavy (non-hydrogen) atoms. The second-order valence-corrected chi connectivity index (χ2v) is 7.74. The van der Waals surface area contributed by atoms with Crippen LogP contribution in [0.5, 0.6) is 0 Å². The van der Waals surface area contributed by atoms with Gasteiger partial charge < -0.3 is 9.72 Å². The maximum atomic E-state index is 10.6. The van der Waals surface area contributed by atoms with Crippen molar-refractivity contribution in [2.45, 2.75) is 53.0 Å². The molecule has 0 radical (unpaired) electrons. The van der Waals surface area contributed by atoms with Gasteiger partial charge in [0.1, 0.15) is 5.82 Å². The lowest BCUT2D eigenvalue weighted by Gasteiger charge is -2.36. The minimum atomic E-state index is -0.0816. The molecule has 0 aliphatic carbocycles. The molecule has 154 valence electrons. The molecule has 2 aromatic heterocycles. The van der Waals surface area contributed by atoms with E-state index in [1.165, 1.54) is 24.2 Å². The number of rotatable bonds is 6. The first-order valence-electron chi connectivity index (χ1n) is 10.2. The topological polar surface area (TPSA) is 71.1 Å². The van der Waals surface area contributed by atoms with Crippen molar-refractivity contribution < 1.29 is 4.74 Å². The predicted molar refractivity (Wildman–Crippen MR) is 112 cm³/mol. The summed E-state index contributed by atoms with van der Waals surface area (Å²) in [4.78, 5) is 24.0. The quantitative estimate of drug-likeness (QED) is 0.825. The second kappa shape index (κ2) is 10.5. The number of aromatic amines is 1. The van der Waals surface area contributed by atoms with Gasteiger partial charge in [0.05, 0.1) is 6.61 Å². The van der Waals surface area contributed by atoms with E-state index in [4.69, 9.17) is 4.74 Å². The maximum Gasteiger partial charge on any atom is 0.250 e. The maximum absolute atomic E-state index is 10.6. The summed E-state index contributed by atoms with van der Waals surface area (Å²) in [6.45, 7) is 14.6. The summed E-state index contributed by atoms with van der Waals surface area (Å²) in [7, 11) is 0. The van der Waals surface area contributed by atoms with E-state index in [0.29, 0.717) is 5.92 Å². The Kier molecular flexibility index (Phi) is 8.33. The Morgan fingerprint density at radius 1 is 1.25 bits per heavy atom. The fourth-order valence-electron chi connectivity index (χ4n) is 3.36. The van der Waals surface area contributed by atoms with E-state index in [9.17, 15) is 4.79 Å². The van der Waals surface area contributed by atoms with Gasteiger partial charge >= 0.3 is 0 Å². The van der Waals surface area contributed by atoms with Gasteiger partial charge in [-0.3, -0.25) is 14.7 Å². The highest BCUT2D eigenvalue weighted by Gasteiger charge is 2.34. The number of aryl methyl sites for hydroxylation is 2. The van der Waals surface area contributed by atoms with Crippen molar-refractivity contribution in [3.05, 3.63) is 58.0 Å². The second-order valence-electron chi connectivity index (χ2n) is 7.74. The lowest BCUT2D eigenvalue weighted by molar-refractivity contribution is 0.0977. The molecule has 1 aliphatic heterocycles. The summed E-state index contributed by atoms with van der Waals surface area (Å²) in [5.41, 5.74) is 2.36. The third kappa shape index (κ3) is 6.24. The highest BCUT2D eigenvalue weighted by atomic mass is 16.5. The molecule has 1 atom stereocenters. The van der Waals surface area contributed by atoms with Crippen molar-refractivity contribution in [2.24, 2.45) is 5.92 Å².